The molecule has 1 aliphatic rings. The maximum Gasteiger partial charge on any atom is 0.262 e. The summed E-state index contributed by atoms with van der Waals surface area (Å²) in [6.45, 7) is 2.54. The Morgan fingerprint density at radius 3 is 2.39 bits per heavy atom. The van der Waals surface area contributed by atoms with Gasteiger partial charge in [-0.1, -0.05) is 54.1 Å². The van der Waals surface area contributed by atoms with Crippen LogP contribution in [0.4, 0.5) is 5.69 Å². The third kappa shape index (κ3) is 5.54. The molecule has 6 nitrogen and oxygen atoms in total. The van der Waals surface area contributed by atoms with E-state index in [0.29, 0.717) is 23.5 Å². The maximum absolute atomic E-state index is 13.6. The van der Waals surface area contributed by atoms with Crippen molar-refractivity contribution in [3.8, 4) is 11.5 Å². The first-order valence-corrected chi connectivity index (χ1v) is 12.6. The van der Waals surface area contributed by atoms with Crippen LogP contribution in [-0.4, -0.2) is 37.0 Å². The number of rotatable bonds is 7. The molecule has 1 atom stereocenters. The van der Waals surface area contributed by atoms with E-state index < -0.39 is 0 Å². The van der Waals surface area contributed by atoms with Gasteiger partial charge < -0.3 is 19.7 Å². The van der Waals surface area contributed by atoms with Gasteiger partial charge in [-0.2, -0.15) is 0 Å². The highest BCUT2D eigenvalue weighted by atomic mass is 16.5. The molecular weight excluding hydrogens is 476 g/mol. The molecule has 4 aromatic rings. The lowest BCUT2D eigenvalue weighted by atomic mass is 9.87. The van der Waals surface area contributed by atoms with Crippen LogP contribution in [0.2, 0.25) is 0 Å². The Morgan fingerprint density at radius 1 is 0.895 bits per heavy atom. The van der Waals surface area contributed by atoms with E-state index in [1.54, 1.807) is 31.4 Å². The van der Waals surface area contributed by atoms with Gasteiger partial charge in [-0.15, -0.1) is 0 Å². The zero-order chi connectivity index (χ0) is 26.5. The third-order valence-corrected chi connectivity index (χ3v) is 6.73. The van der Waals surface area contributed by atoms with Crippen LogP contribution in [0, 0.1) is 6.92 Å². The zero-order valence-corrected chi connectivity index (χ0v) is 21.5. The smallest absolute Gasteiger partial charge is 0.262 e. The Hall–Kier alpha value is -4.58. The van der Waals surface area contributed by atoms with Gasteiger partial charge in [0, 0.05) is 17.8 Å². The Morgan fingerprint density at radius 2 is 1.66 bits per heavy atom. The Kier molecular flexibility index (Phi) is 7.40. The van der Waals surface area contributed by atoms with Gasteiger partial charge in [0.25, 0.3) is 11.8 Å². The highest BCUT2D eigenvalue weighted by Gasteiger charge is 2.33. The van der Waals surface area contributed by atoms with Crippen molar-refractivity contribution in [1.82, 2.24) is 4.90 Å². The molecule has 192 valence electrons. The summed E-state index contributed by atoms with van der Waals surface area (Å²) in [5.41, 5.74) is 5.69. The number of aryl methyl sites for hydroxylation is 1. The molecule has 0 bridgehead atoms. The fourth-order valence-electron chi connectivity index (χ4n) is 4.87. The lowest BCUT2D eigenvalue weighted by Crippen LogP contribution is -2.40. The van der Waals surface area contributed by atoms with E-state index in [9.17, 15) is 9.59 Å². The second-order valence-corrected chi connectivity index (χ2v) is 9.36. The molecular formula is C32H30N2O4. The molecule has 0 aromatic heterocycles. The molecule has 38 heavy (non-hydrogen) atoms. The molecule has 2 amide bonds. The molecule has 1 aliphatic heterocycles. The number of carbonyl (C=O) groups is 2. The summed E-state index contributed by atoms with van der Waals surface area (Å²) in [5.74, 6) is 1.04. The van der Waals surface area contributed by atoms with Crippen molar-refractivity contribution in [1.29, 1.82) is 0 Å². The monoisotopic (exact) mass is 506 g/mol. The fourth-order valence-corrected chi connectivity index (χ4v) is 4.87. The molecule has 4 aromatic carbocycles. The first-order chi connectivity index (χ1) is 18.5. The Bertz CT molecular complexity index is 1430. The molecule has 0 fully saturated rings. The van der Waals surface area contributed by atoms with Crippen molar-refractivity contribution in [2.75, 3.05) is 25.6 Å². The minimum Gasteiger partial charge on any atom is -0.497 e. The molecule has 0 saturated heterocycles. The summed E-state index contributed by atoms with van der Waals surface area (Å²) in [6, 6.07) is 30.4. The van der Waals surface area contributed by atoms with Crippen molar-refractivity contribution in [3.05, 3.63) is 125 Å². The number of amides is 2. The van der Waals surface area contributed by atoms with Crippen LogP contribution in [0.3, 0.4) is 0 Å². The number of hydrogen-bond acceptors (Lipinski definition) is 4. The fraction of sp³-hybridized carbons (Fsp3) is 0.188. The molecule has 1 heterocycles. The van der Waals surface area contributed by atoms with Crippen molar-refractivity contribution >= 4 is 17.5 Å². The molecule has 6 heteroatoms. The van der Waals surface area contributed by atoms with Gasteiger partial charge in [0.15, 0.2) is 6.61 Å². The van der Waals surface area contributed by atoms with Gasteiger partial charge in [0.2, 0.25) is 0 Å². The number of benzene rings is 4. The Labute approximate surface area is 222 Å². The minimum atomic E-state index is -0.261. The molecule has 0 saturated carbocycles. The van der Waals surface area contributed by atoms with E-state index in [2.05, 4.69) is 30.4 Å². The lowest BCUT2D eigenvalue weighted by Gasteiger charge is -2.38. The van der Waals surface area contributed by atoms with E-state index >= 15 is 0 Å². The number of nitrogens with zero attached hydrogens (tertiary/aromatic N) is 1. The second kappa shape index (κ2) is 11.2. The van der Waals surface area contributed by atoms with Crippen LogP contribution in [0.5, 0.6) is 11.5 Å². The van der Waals surface area contributed by atoms with Crippen LogP contribution in [0.15, 0.2) is 97.1 Å². The van der Waals surface area contributed by atoms with Gasteiger partial charge >= 0.3 is 0 Å². The average Bonchev–Trinajstić information content (AvgIpc) is 2.96. The summed E-state index contributed by atoms with van der Waals surface area (Å²) in [4.78, 5) is 28.1. The van der Waals surface area contributed by atoms with Crippen molar-refractivity contribution in [2.24, 2.45) is 0 Å². The summed E-state index contributed by atoms with van der Waals surface area (Å²) < 4.78 is 11.1. The predicted molar refractivity (Wildman–Crippen MR) is 148 cm³/mol. The topological polar surface area (TPSA) is 67.9 Å². The van der Waals surface area contributed by atoms with Crippen LogP contribution in [-0.2, 0) is 11.2 Å². The quantitative estimate of drug-likeness (QED) is 0.344. The van der Waals surface area contributed by atoms with E-state index in [-0.39, 0.29) is 24.5 Å². The lowest BCUT2D eigenvalue weighted by molar-refractivity contribution is -0.118. The van der Waals surface area contributed by atoms with Crippen molar-refractivity contribution in [2.45, 2.75) is 19.4 Å². The van der Waals surface area contributed by atoms with Crippen LogP contribution in [0.1, 0.15) is 38.7 Å². The first-order valence-electron chi connectivity index (χ1n) is 12.6. The number of fused-ring (bicyclic) bond motifs is 1. The second-order valence-electron chi connectivity index (χ2n) is 9.36. The number of anilines is 1. The van der Waals surface area contributed by atoms with E-state index in [0.717, 1.165) is 28.9 Å². The van der Waals surface area contributed by atoms with Gasteiger partial charge in [-0.3, -0.25) is 9.59 Å². The number of ether oxygens (including phenoxy) is 2. The van der Waals surface area contributed by atoms with E-state index in [1.165, 1.54) is 5.56 Å². The molecule has 5 rings (SSSR count). The summed E-state index contributed by atoms with van der Waals surface area (Å²) >= 11 is 0. The van der Waals surface area contributed by atoms with Crippen LogP contribution in [0.25, 0.3) is 0 Å². The maximum atomic E-state index is 13.6. The minimum absolute atomic E-state index is 0.00653. The standard InChI is InChI=1S/C32H30N2O4/c1-22-7-6-10-25(19-22)31-29-20-28(38-21-30(35)33-26-12-15-27(37-2)16-13-26)14-11-23(29)17-18-34(31)32(36)24-8-4-3-5-9-24/h3-16,19-20,31H,17-18,21H2,1-2H3,(H,33,35)/t31-/m0/s1. The van der Waals surface area contributed by atoms with Crippen molar-refractivity contribution < 1.29 is 19.1 Å². The number of nitrogens with one attached hydrogen (secondary N) is 1. The van der Waals surface area contributed by atoms with Crippen LogP contribution < -0.4 is 14.8 Å². The predicted octanol–water partition coefficient (Wildman–Crippen LogP) is 5.81. The van der Waals surface area contributed by atoms with Gasteiger partial charge in [-0.05, 0) is 78.6 Å². The number of methoxy groups -OCH3 is 1. The number of carbonyl (C=O) groups excluding carboxylic acids is 2. The Balaban J connectivity index is 1.39. The van der Waals surface area contributed by atoms with E-state index in [4.69, 9.17) is 9.47 Å². The normalized spacial score (nSPS) is 14.4. The highest BCUT2D eigenvalue weighted by molar-refractivity contribution is 5.95. The molecule has 0 spiro atoms. The zero-order valence-electron chi connectivity index (χ0n) is 21.5. The molecule has 0 radical (unpaired) electrons. The molecule has 1 N–H and O–H groups in total. The van der Waals surface area contributed by atoms with Gasteiger partial charge in [0.05, 0.1) is 13.2 Å². The summed E-state index contributed by atoms with van der Waals surface area (Å²) in [5, 5.41) is 2.83. The molecule has 0 aliphatic carbocycles. The summed E-state index contributed by atoms with van der Waals surface area (Å²) in [6.07, 6.45) is 0.745. The average molecular weight is 507 g/mol. The van der Waals surface area contributed by atoms with Gasteiger partial charge in [-0.25, -0.2) is 0 Å². The van der Waals surface area contributed by atoms with Crippen LogP contribution >= 0.6 is 0 Å². The summed E-state index contributed by atoms with van der Waals surface area (Å²) in [7, 11) is 1.60. The SMILES string of the molecule is COc1ccc(NC(=O)COc2ccc3c(c2)[C@H](c2cccc(C)c2)N(C(=O)c2ccccc2)CC3)cc1. The molecule has 0 unspecified atom stereocenters. The van der Waals surface area contributed by atoms with Crippen molar-refractivity contribution in [3.63, 3.8) is 0 Å². The number of hydrogen-bond donors (Lipinski definition) is 1. The van der Waals surface area contributed by atoms with E-state index in [1.807, 2.05) is 59.5 Å². The third-order valence-electron chi connectivity index (χ3n) is 6.73. The first kappa shape index (κ1) is 25.1. The van der Waals surface area contributed by atoms with Gasteiger partial charge in [0.1, 0.15) is 11.5 Å². The largest absolute Gasteiger partial charge is 0.497 e. The highest BCUT2D eigenvalue weighted by Crippen LogP contribution is 2.38.